The number of benzene rings is 2. The van der Waals surface area contributed by atoms with Crippen molar-refractivity contribution >= 4 is 17.6 Å². The molecule has 3 amide bonds. The van der Waals surface area contributed by atoms with Gasteiger partial charge in [0.05, 0.1) is 7.11 Å². The van der Waals surface area contributed by atoms with Crippen LogP contribution in [0.15, 0.2) is 42.5 Å². The van der Waals surface area contributed by atoms with E-state index in [1.807, 2.05) is 18.2 Å². The Labute approximate surface area is 156 Å². The van der Waals surface area contributed by atoms with Crippen LogP contribution in [-0.2, 0) is 11.3 Å². The molecule has 0 bridgehead atoms. The van der Waals surface area contributed by atoms with Gasteiger partial charge in [0.1, 0.15) is 5.75 Å². The number of carbonyl (C=O) groups is 2. The van der Waals surface area contributed by atoms with Crippen LogP contribution in [0.3, 0.4) is 0 Å². The second-order valence-corrected chi connectivity index (χ2v) is 5.82. The molecule has 2 aromatic carbocycles. The smallest absolute Gasteiger partial charge is 0.319 e. The maximum absolute atomic E-state index is 11.9. The number of urea groups is 1. The van der Waals surface area contributed by atoms with E-state index >= 15 is 0 Å². The lowest BCUT2D eigenvalue weighted by atomic mass is 10.2. The van der Waals surface area contributed by atoms with E-state index in [2.05, 4.69) is 16.0 Å². The van der Waals surface area contributed by atoms with Crippen LogP contribution in [-0.4, -0.2) is 32.4 Å². The first-order chi connectivity index (χ1) is 13.1. The minimum atomic E-state index is -0.372. The molecule has 27 heavy (non-hydrogen) atoms. The van der Waals surface area contributed by atoms with E-state index in [1.54, 1.807) is 31.4 Å². The quantitative estimate of drug-likeness (QED) is 0.693. The summed E-state index contributed by atoms with van der Waals surface area (Å²) in [4.78, 5) is 23.7. The molecule has 8 nitrogen and oxygen atoms in total. The summed E-state index contributed by atoms with van der Waals surface area (Å²) < 4.78 is 15.6. The molecule has 2 aromatic rings. The number of amides is 3. The van der Waals surface area contributed by atoms with Crippen molar-refractivity contribution in [2.75, 3.05) is 25.8 Å². The highest BCUT2D eigenvalue weighted by molar-refractivity contribution is 5.89. The lowest BCUT2D eigenvalue weighted by molar-refractivity contribution is -0.121. The summed E-state index contributed by atoms with van der Waals surface area (Å²) in [5, 5.41) is 8.14. The lowest BCUT2D eigenvalue weighted by Gasteiger charge is -2.09. The van der Waals surface area contributed by atoms with Gasteiger partial charge in [-0.25, -0.2) is 4.79 Å². The largest absolute Gasteiger partial charge is 0.497 e. The number of hydrogen-bond donors (Lipinski definition) is 3. The lowest BCUT2D eigenvalue weighted by Crippen LogP contribution is -2.33. The van der Waals surface area contributed by atoms with Crippen molar-refractivity contribution in [2.24, 2.45) is 0 Å². The van der Waals surface area contributed by atoms with Gasteiger partial charge in [-0.1, -0.05) is 6.07 Å². The minimum absolute atomic E-state index is 0.155. The summed E-state index contributed by atoms with van der Waals surface area (Å²) in [5.41, 5.74) is 1.55. The van der Waals surface area contributed by atoms with Crippen molar-refractivity contribution in [3.8, 4) is 17.2 Å². The molecule has 0 spiro atoms. The summed E-state index contributed by atoms with van der Waals surface area (Å²) >= 11 is 0. The Morgan fingerprint density at radius 2 is 1.81 bits per heavy atom. The Morgan fingerprint density at radius 1 is 1.04 bits per heavy atom. The highest BCUT2D eigenvalue weighted by Crippen LogP contribution is 2.32. The van der Waals surface area contributed by atoms with Crippen molar-refractivity contribution in [3.05, 3.63) is 48.0 Å². The van der Waals surface area contributed by atoms with Gasteiger partial charge in [-0.3, -0.25) is 4.79 Å². The molecule has 142 valence electrons. The summed E-state index contributed by atoms with van der Waals surface area (Å²) in [7, 11) is 1.58. The van der Waals surface area contributed by atoms with E-state index in [1.165, 1.54) is 0 Å². The topological polar surface area (TPSA) is 97.9 Å². The average molecular weight is 371 g/mol. The highest BCUT2D eigenvalue weighted by atomic mass is 16.7. The maximum atomic E-state index is 11.9. The summed E-state index contributed by atoms with van der Waals surface area (Å²) in [6, 6.07) is 12.1. The van der Waals surface area contributed by atoms with Gasteiger partial charge >= 0.3 is 6.03 Å². The van der Waals surface area contributed by atoms with E-state index in [4.69, 9.17) is 14.2 Å². The van der Waals surface area contributed by atoms with Crippen LogP contribution in [0.5, 0.6) is 17.2 Å². The maximum Gasteiger partial charge on any atom is 0.319 e. The van der Waals surface area contributed by atoms with E-state index in [0.29, 0.717) is 29.5 Å². The number of anilines is 1. The zero-order valence-electron chi connectivity index (χ0n) is 14.9. The first-order valence-corrected chi connectivity index (χ1v) is 8.48. The standard InChI is InChI=1S/C19H21N3O5/c1-25-15-5-3-14(4-6-15)22-19(24)20-9-8-18(23)21-11-13-2-7-16-17(10-13)27-12-26-16/h2-7,10H,8-9,11-12H2,1H3,(H,21,23)(H2,20,22,24). The van der Waals surface area contributed by atoms with E-state index in [-0.39, 0.29) is 31.7 Å². The van der Waals surface area contributed by atoms with E-state index in [9.17, 15) is 9.59 Å². The number of carbonyl (C=O) groups excluding carboxylic acids is 2. The second kappa shape index (κ2) is 8.79. The molecule has 8 heteroatoms. The predicted molar refractivity (Wildman–Crippen MR) is 99.0 cm³/mol. The van der Waals surface area contributed by atoms with Crippen molar-refractivity contribution in [3.63, 3.8) is 0 Å². The number of fused-ring (bicyclic) bond motifs is 1. The zero-order chi connectivity index (χ0) is 19.1. The normalized spacial score (nSPS) is 11.6. The monoisotopic (exact) mass is 371 g/mol. The fraction of sp³-hybridized carbons (Fsp3) is 0.263. The molecular weight excluding hydrogens is 350 g/mol. The van der Waals surface area contributed by atoms with Gasteiger partial charge in [0.15, 0.2) is 11.5 Å². The molecule has 0 saturated carbocycles. The molecule has 0 saturated heterocycles. The van der Waals surface area contributed by atoms with Gasteiger partial charge in [-0.15, -0.1) is 0 Å². The first-order valence-electron chi connectivity index (χ1n) is 8.48. The van der Waals surface area contributed by atoms with Gasteiger partial charge in [-0.2, -0.15) is 0 Å². The zero-order valence-corrected chi connectivity index (χ0v) is 14.9. The van der Waals surface area contributed by atoms with Crippen LogP contribution in [0, 0.1) is 0 Å². The van der Waals surface area contributed by atoms with Crippen LogP contribution >= 0.6 is 0 Å². The highest BCUT2D eigenvalue weighted by Gasteiger charge is 2.13. The molecule has 0 unspecified atom stereocenters. The van der Waals surface area contributed by atoms with Gasteiger partial charge in [-0.05, 0) is 42.0 Å². The number of nitrogens with one attached hydrogen (secondary N) is 3. The van der Waals surface area contributed by atoms with Gasteiger partial charge in [0.2, 0.25) is 12.7 Å². The molecule has 1 heterocycles. The molecule has 3 rings (SSSR count). The second-order valence-electron chi connectivity index (χ2n) is 5.82. The number of rotatable bonds is 7. The van der Waals surface area contributed by atoms with Crippen molar-refractivity contribution in [1.82, 2.24) is 10.6 Å². The molecular formula is C19H21N3O5. The van der Waals surface area contributed by atoms with Crippen LogP contribution in [0.4, 0.5) is 10.5 Å². The minimum Gasteiger partial charge on any atom is -0.497 e. The van der Waals surface area contributed by atoms with Crippen molar-refractivity contribution in [1.29, 1.82) is 0 Å². The summed E-state index contributed by atoms with van der Waals surface area (Å²) in [6.07, 6.45) is 0.181. The Hall–Kier alpha value is -3.42. The SMILES string of the molecule is COc1ccc(NC(=O)NCCC(=O)NCc2ccc3c(c2)OCO3)cc1. The van der Waals surface area contributed by atoms with Gasteiger partial charge in [0.25, 0.3) is 0 Å². The van der Waals surface area contributed by atoms with Crippen LogP contribution in [0.1, 0.15) is 12.0 Å². The molecule has 0 aromatic heterocycles. The van der Waals surface area contributed by atoms with Gasteiger partial charge in [0, 0.05) is 25.2 Å². The Morgan fingerprint density at radius 3 is 2.59 bits per heavy atom. The number of methoxy groups -OCH3 is 1. The summed E-state index contributed by atoms with van der Waals surface area (Å²) in [6.45, 7) is 0.831. The molecule has 0 aliphatic carbocycles. The van der Waals surface area contributed by atoms with Crippen LogP contribution < -0.4 is 30.2 Å². The predicted octanol–water partition coefficient (Wildman–Crippen LogP) is 2.25. The van der Waals surface area contributed by atoms with Crippen molar-refractivity contribution in [2.45, 2.75) is 13.0 Å². The van der Waals surface area contributed by atoms with Gasteiger partial charge < -0.3 is 30.2 Å². The molecule has 0 fully saturated rings. The fourth-order valence-electron chi connectivity index (χ4n) is 2.48. The Balaban J connectivity index is 1.34. The first kappa shape index (κ1) is 18.4. The van der Waals surface area contributed by atoms with Crippen molar-refractivity contribution < 1.29 is 23.8 Å². The summed E-state index contributed by atoms with van der Waals surface area (Å²) in [5.74, 6) is 1.94. The fourth-order valence-corrected chi connectivity index (χ4v) is 2.48. The number of hydrogen-bond acceptors (Lipinski definition) is 5. The van der Waals surface area contributed by atoms with E-state index in [0.717, 1.165) is 5.56 Å². The average Bonchev–Trinajstić information content (AvgIpc) is 3.15. The Bertz CT molecular complexity index is 807. The third-order valence-corrected chi connectivity index (χ3v) is 3.91. The third kappa shape index (κ3) is 5.27. The third-order valence-electron chi connectivity index (χ3n) is 3.91. The molecule has 3 N–H and O–H groups in total. The van der Waals surface area contributed by atoms with Crippen LogP contribution in [0.25, 0.3) is 0 Å². The number of ether oxygens (including phenoxy) is 3. The Kier molecular flexibility index (Phi) is 5.98. The van der Waals surface area contributed by atoms with Crippen LogP contribution in [0.2, 0.25) is 0 Å². The molecule has 0 radical (unpaired) electrons. The molecule has 1 aliphatic rings. The molecule has 0 atom stereocenters. The molecule has 1 aliphatic heterocycles. The van der Waals surface area contributed by atoms with E-state index < -0.39 is 0 Å².